The van der Waals surface area contributed by atoms with Crippen LogP contribution < -0.4 is 0 Å². The van der Waals surface area contributed by atoms with Crippen LogP contribution in [0.4, 0.5) is 4.39 Å². The van der Waals surface area contributed by atoms with E-state index in [0.717, 1.165) is 17.7 Å². The third-order valence-electron chi connectivity index (χ3n) is 3.21. The van der Waals surface area contributed by atoms with Crippen LogP contribution in [0.25, 0.3) is 0 Å². The fourth-order valence-electron chi connectivity index (χ4n) is 2.12. The Morgan fingerprint density at radius 1 is 1.14 bits per heavy atom. The fourth-order valence-corrected chi connectivity index (χ4v) is 3.84. The molecule has 0 saturated heterocycles. The maximum absolute atomic E-state index is 13.3. The third-order valence-corrected chi connectivity index (χ3v) is 5.01. The summed E-state index contributed by atoms with van der Waals surface area (Å²) in [5, 5.41) is 9.01. The highest BCUT2D eigenvalue weighted by Gasteiger charge is 2.20. The van der Waals surface area contributed by atoms with Crippen LogP contribution >= 0.6 is 0 Å². The minimum atomic E-state index is -3.63. The summed E-state index contributed by atoms with van der Waals surface area (Å²) in [6, 6.07) is 10.6. The SMILES string of the molecule is Cc1ccc(C)c(S(=O)(=O)Cc2cc(F)ccc2C#N)c1. The lowest BCUT2D eigenvalue weighted by molar-refractivity contribution is 0.594. The highest BCUT2D eigenvalue weighted by atomic mass is 32.2. The van der Waals surface area contributed by atoms with Crippen LogP contribution in [0.2, 0.25) is 0 Å². The van der Waals surface area contributed by atoms with E-state index in [1.807, 2.05) is 12.1 Å². The van der Waals surface area contributed by atoms with Gasteiger partial charge in [0.1, 0.15) is 5.82 Å². The molecule has 2 rings (SSSR count). The first kappa shape index (κ1) is 15.2. The van der Waals surface area contributed by atoms with Crippen molar-refractivity contribution in [1.82, 2.24) is 0 Å². The number of nitrogens with zero attached hydrogens (tertiary/aromatic N) is 1. The van der Waals surface area contributed by atoms with E-state index in [1.54, 1.807) is 26.0 Å². The standard InChI is InChI=1S/C16H14FNO2S/c1-11-3-4-12(2)16(7-11)21(19,20)10-14-8-15(17)6-5-13(14)9-18/h3-8H,10H2,1-2H3. The minimum absolute atomic E-state index is 0.172. The van der Waals surface area contributed by atoms with Gasteiger partial charge in [-0.2, -0.15) is 5.26 Å². The maximum atomic E-state index is 13.3. The molecule has 3 nitrogen and oxygen atoms in total. The minimum Gasteiger partial charge on any atom is -0.223 e. The molecule has 21 heavy (non-hydrogen) atoms. The molecule has 0 bridgehead atoms. The van der Waals surface area contributed by atoms with Gasteiger partial charge < -0.3 is 0 Å². The van der Waals surface area contributed by atoms with Crippen LogP contribution in [0.5, 0.6) is 0 Å². The highest BCUT2D eigenvalue weighted by molar-refractivity contribution is 7.90. The summed E-state index contributed by atoms with van der Waals surface area (Å²) in [6.07, 6.45) is 0. The number of hydrogen-bond donors (Lipinski definition) is 0. The first-order valence-electron chi connectivity index (χ1n) is 6.32. The predicted octanol–water partition coefficient (Wildman–Crippen LogP) is 3.29. The molecule has 108 valence electrons. The molecule has 0 atom stereocenters. The Labute approximate surface area is 123 Å². The molecule has 0 fully saturated rings. The first-order chi connectivity index (χ1) is 9.83. The van der Waals surface area contributed by atoms with Gasteiger partial charge in [-0.3, -0.25) is 0 Å². The highest BCUT2D eigenvalue weighted by Crippen LogP contribution is 2.23. The van der Waals surface area contributed by atoms with Crippen molar-refractivity contribution in [2.75, 3.05) is 0 Å². The van der Waals surface area contributed by atoms with Gasteiger partial charge >= 0.3 is 0 Å². The van der Waals surface area contributed by atoms with E-state index in [-0.39, 0.29) is 16.0 Å². The van der Waals surface area contributed by atoms with Crippen LogP contribution in [0, 0.1) is 31.0 Å². The van der Waals surface area contributed by atoms with Crippen molar-refractivity contribution in [1.29, 1.82) is 5.26 Å². The molecule has 5 heteroatoms. The van der Waals surface area contributed by atoms with Gasteiger partial charge in [-0.15, -0.1) is 0 Å². The van der Waals surface area contributed by atoms with E-state index in [4.69, 9.17) is 5.26 Å². The molecular formula is C16H14FNO2S. The van der Waals surface area contributed by atoms with Gasteiger partial charge in [-0.05, 0) is 54.8 Å². The molecule has 0 aliphatic heterocycles. The van der Waals surface area contributed by atoms with Gasteiger partial charge in [0.05, 0.1) is 22.3 Å². The molecule has 0 amide bonds. The largest absolute Gasteiger partial charge is 0.223 e. The second kappa shape index (κ2) is 5.66. The zero-order valence-electron chi connectivity index (χ0n) is 11.7. The lowest BCUT2D eigenvalue weighted by Gasteiger charge is -2.10. The Morgan fingerprint density at radius 3 is 2.52 bits per heavy atom. The zero-order valence-corrected chi connectivity index (χ0v) is 12.5. The molecule has 0 aromatic heterocycles. The monoisotopic (exact) mass is 303 g/mol. The van der Waals surface area contributed by atoms with E-state index >= 15 is 0 Å². The van der Waals surface area contributed by atoms with Crippen molar-refractivity contribution in [3.63, 3.8) is 0 Å². The lowest BCUT2D eigenvalue weighted by Crippen LogP contribution is -2.08. The third kappa shape index (κ3) is 3.29. The number of hydrogen-bond acceptors (Lipinski definition) is 3. The molecule has 2 aromatic rings. The lowest BCUT2D eigenvalue weighted by atomic mass is 10.1. The van der Waals surface area contributed by atoms with Gasteiger partial charge in [0, 0.05) is 0 Å². The Bertz CT molecular complexity index is 836. The molecule has 0 aliphatic carbocycles. The van der Waals surface area contributed by atoms with E-state index in [2.05, 4.69) is 0 Å². The summed E-state index contributed by atoms with van der Waals surface area (Å²) in [6.45, 7) is 3.52. The first-order valence-corrected chi connectivity index (χ1v) is 7.97. The molecule has 0 radical (unpaired) electrons. The van der Waals surface area contributed by atoms with E-state index < -0.39 is 21.4 Å². The van der Waals surface area contributed by atoms with E-state index in [1.165, 1.54) is 6.07 Å². The van der Waals surface area contributed by atoms with Gasteiger partial charge in [0.25, 0.3) is 0 Å². The Morgan fingerprint density at radius 2 is 1.86 bits per heavy atom. The fraction of sp³-hybridized carbons (Fsp3) is 0.188. The van der Waals surface area contributed by atoms with E-state index in [0.29, 0.717) is 5.56 Å². The molecule has 0 aliphatic rings. The molecule has 0 spiro atoms. The number of benzene rings is 2. The number of sulfone groups is 1. The topological polar surface area (TPSA) is 57.9 Å². The molecule has 0 heterocycles. The predicted molar refractivity (Wildman–Crippen MR) is 77.9 cm³/mol. The second-order valence-electron chi connectivity index (χ2n) is 4.94. The van der Waals surface area contributed by atoms with Crippen molar-refractivity contribution in [3.05, 3.63) is 64.5 Å². The van der Waals surface area contributed by atoms with Crippen molar-refractivity contribution in [2.45, 2.75) is 24.5 Å². The maximum Gasteiger partial charge on any atom is 0.182 e. The summed E-state index contributed by atoms with van der Waals surface area (Å²) < 4.78 is 38.3. The number of rotatable bonds is 3. The average Bonchev–Trinajstić information content (AvgIpc) is 2.41. The van der Waals surface area contributed by atoms with Gasteiger partial charge in [-0.25, -0.2) is 12.8 Å². The molecule has 0 saturated carbocycles. The van der Waals surface area contributed by atoms with Gasteiger partial charge in [0.2, 0.25) is 0 Å². The van der Waals surface area contributed by atoms with Crippen molar-refractivity contribution >= 4 is 9.84 Å². The van der Waals surface area contributed by atoms with E-state index in [9.17, 15) is 12.8 Å². The molecular weight excluding hydrogens is 289 g/mol. The van der Waals surface area contributed by atoms with Crippen molar-refractivity contribution in [2.24, 2.45) is 0 Å². The average molecular weight is 303 g/mol. The summed E-state index contributed by atoms with van der Waals surface area (Å²) in [5.74, 6) is -0.946. The molecule has 0 N–H and O–H groups in total. The molecule has 2 aromatic carbocycles. The Kier molecular flexibility index (Phi) is 4.10. The van der Waals surface area contributed by atoms with Crippen LogP contribution in [-0.2, 0) is 15.6 Å². The summed E-state index contributed by atoms with van der Waals surface area (Å²) in [4.78, 5) is 0.218. The van der Waals surface area contributed by atoms with Crippen molar-refractivity contribution in [3.8, 4) is 6.07 Å². The summed E-state index contributed by atoms with van der Waals surface area (Å²) in [7, 11) is -3.63. The summed E-state index contributed by atoms with van der Waals surface area (Å²) in [5.41, 5.74) is 1.82. The van der Waals surface area contributed by atoms with Crippen LogP contribution in [0.3, 0.4) is 0 Å². The zero-order chi connectivity index (χ0) is 15.6. The smallest absolute Gasteiger partial charge is 0.182 e. The van der Waals surface area contributed by atoms with Crippen LogP contribution in [0.15, 0.2) is 41.3 Å². The quantitative estimate of drug-likeness (QED) is 0.874. The van der Waals surface area contributed by atoms with Gasteiger partial charge in [-0.1, -0.05) is 12.1 Å². The number of halogens is 1. The summed E-state index contributed by atoms with van der Waals surface area (Å²) >= 11 is 0. The second-order valence-corrected chi connectivity index (χ2v) is 6.90. The Balaban J connectivity index is 2.50. The van der Waals surface area contributed by atoms with Crippen LogP contribution in [-0.4, -0.2) is 8.42 Å². The normalized spacial score (nSPS) is 11.1. The van der Waals surface area contributed by atoms with Gasteiger partial charge in [0.15, 0.2) is 9.84 Å². The van der Waals surface area contributed by atoms with Crippen LogP contribution in [0.1, 0.15) is 22.3 Å². The molecule has 0 unspecified atom stereocenters. The number of aryl methyl sites for hydroxylation is 2. The number of nitriles is 1. The van der Waals surface area contributed by atoms with Crippen molar-refractivity contribution < 1.29 is 12.8 Å². The Hall–Kier alpha value is -2.19.